The first-order valence-electron chi connectivity index (χ1n) is 6.93. The van der Waals surface area contributed by atoms with Gasteiger partial charge in [0.05, 0.1) is 17.9 Å². The topological polar surface area (TPSA) is 48.4 Å². The standard InChI is InChI=1S/C17H19NO3/c1-3-14-15(9-10-18-16(14)12-20-2)17(19)21-11-13-7-5-4-6-8-13/h4-10H,3,11-12H2,1-2H3. The molecule has 4 heteroatoms. The summed E-state index contributed by atoms with van der Waals surface area (Å²) >= 11 is 0. The van der Waals surface area contributed by atoms with E-state index in [9.17, 15) is 4.79 Å². The summed E-state index contributed by atoms with van der Waals surface area (Å²) in [6.07, 6.45) is 2.33. The van der Waals surface area contributed by atoms with E-state index in [2.05, 4.69) is 4.98 Å². The van der Waals surface area contributed by atoms with Gasteiger partial charge >= 0.3 is 5.97 Å². The van der Waals surface area contributed by atoms with E-state index in [0.717, 1.165) is 16.8 Å². The summed E-state index contributed by atoms with van der Waals surface area (Å²) in [6, 6.07) is 11.3. The molecule has 1 aromatic heterocycles. The van der Waals surface area contributed by atoms with Crippen LogP contribution in [0.2, 0.25) is 0 Å². The Hall–Kier alpha value is -2.20. The lowest BCUT2D eigenvalue weighted by atomic mass is 10.0. The first-order valence-corrected chi connectivity index (χ1v) is 6.93. The number of hydrogen-bond donors (Lipinski definition) is 0. The Bertz CT molecular complexity index is 596. The average molecular weight is 285 g/mol. The highest BCUT2D eigenvalue weighted by molar-refractivity contribution is 5.91. The molecule has 0 N–H and O–H groups in total. The minimum absolute atomic E-state index is 0.269. The molecule has 0 saturated heterocycles. The lowest BCUT2D eigenvalue weighted by Gasteiger charge is -2.12. The van der Waals surface area contributed by atoms with E-state index in [1.54, 1.807) is 19.4 Å². The Morgan fingerprint density at radius 2 is 1.90 bits per heavy atom. The van der Waals surface area contributed by atoms with Crippen LogP contribution in [0.3, 0.4) is 0 Å². The molecule has 0 saturated carbocycles. The quantitative estimate of drug-likeness (QED) is 0.765. The number of nitrogens with zero attached hydrogens (tertiary/aromatic N) is 1. The van der Waals surface area contributed by atoms with E-state index in [0.29, 0.717) is 18.6 Å². The van der Waals surface area contributed by atoms with Crippen LogP contribution in [0.25, 0.3) is 0 Å². The molecule has 0 aliphatic rings. The summed E-state index contributed by atoms with van der Waals surface area (Å²) in [7, 11) is 1.61. The molecule has 0 bridgehead atoms. The Labute approximate surface area is 124 Å². The Morgan fingerprint density at radius 3 is 2.57 bits per heavy atom. The number of carbonyl (C=O) groups is 1. The predicted octanol–water partition coefficient (Wildman–Crippen LogP) is 3.15. The molecule has 2 aromatic rings. The highest BCUT2D eigenvalue weighted by Crippen LogP contribution is 2.16. The molecule has 0 aliphatic carbocycles. The molecule has 0 aliphatic heterocycles. The number of pyridine rings is 1. The molecule has 21 heavy (non-hydrogen) atoms. The number of hydrogen-bond acceptors (Lipinski definition) is 4. The van der Waals surface area contributed by atoms with Gasteiger partial charge in [-0.3, -0.25) is 4.98 Å². The van der Waals surface area contributed by atoms with Crippen LogP contribution in [0.4, 0.5) is 0 Å². The lowest BCUT2D eigenvalue weighted by molar-refractivity contribution is 0.0471. The average Bonchev–Trinajstić information content (AvgIpc) is 2.53. The first-order chi connectivity index (χ1) is 10.3. The summed E-state index contributed by atoms with van der Waals surface area (Å²) in [5.74, 6) is -0.324. The zero-order valence-electron chi connectivity index (χ0n) is 12.3. The number of aromatic nitrogens is 1. The second kappa shape index (κ2) is 7.55. The van der Waals surface area contributed by atoms with Crippen molar-refractivity contribution in [3.05, 3.63) is 65.0 Å². The van der Waals surface area contributed by atoms with Crippen LogP contribution in [-0.2, 0) is 29.1 Å². The number of ether oxygens (including phenoxy) is 2. The van der Waals surface area contributed by atoms with Crippen molar-refractivity contribution in [2.24, 2.45) is 0 Å². The van der Waals surface area contributed by atoms with Crippen molar-refractivity contribution in [2.45, 2.75) is 26.6 Å². The largest absolute Gasteiger partial charge is 0.457 e. The van der Waals surface area contributed by atoms with Gasteiger partial charge < -0.3 is 9.47 Å². The van der Waals surface area contributed by atoms with Crippen molar-refractivity contribution in [3.8, 4) is 0 Å². The zero-order valence-corrected chi connectivity index (χ0v) is 12.3. The van der Waals surface area contributed by atoms with Crippen LogP contribution >= 0.6 is 0 Å². The maximum absolute atomic E-state index is 12.3. The van der Waals surface area contributed by atoms with Crippen molar-refractivity contribution in [1.29, 1.82) is 0 Å². The Morgan fingerprint density at radius 1 is 1.14 bits per heavy atom. The minimum atomic E-state index is -0.324. The number of benzene rings is 1. The normalized spacial score (nSPS) is 10.4. The maximum Gasteiger partial charge on any atom is 0.338 e. The third-order valence-corrected chi connectivity index (χ3v) is 3.21. The molecule has 1 aromatic carbocycles. The summed E-state index contributed by atoms with van der Waals surface area (Å²) in [4.78, 5) is 16.5. The van der Waals surface area contributed by atoms with Crippen LogP contribution in [0, 0.1) is 0 Å². The second-order valence-electron chi connectivity index (χ2n) is 4.63. The van der Waals surface area contributed by atoms with Crippen molar-refractivity contribution in [2.75, 3.05) is 7.11 Å². The molecule has 0 spiro atoms. The summed E-state index contributed by atoms with van der Waals surface area (Å²) < 4.78 is 10.5. The van der Waals surface area contributed by atoms with Gasteiger partial charge in [-0.15, -0.1) is 0 Å². The fourth-order valence-corrected chi connectivity index (χ4v) is 2.18. The van der Waals surface area contributed by atoms with E-state index >= 15 is 0 Å². The molecule has 0 radical (unpaired) electrons. The van der Waals surface area contributed by atoms with Gasteiger partial charge in [0, 0.05) is 13.3 Å². The monoisotopic (exact) mass is 285 g/mol. The molecule has 2 rings (SSSR count). The van der Waals surface area contributed by atoms with Gasteiger partial charge in [-0.1, -0.05) is 37.3 Å². The van der Waals surface area contributed by atoms with Crippen LogP contribution in [-0.4, -0.2) is 18.1 Å². The van der Waals surface area contributed by atoms with Crippen LogP contribution in [0.15, 0.2) is 42.6 Å². The number of esters is 1. The zero-order chi connectivity index (χ0) is 15.1. The van der Waals surface area contributed by atoms with Crippen molar-refractivity contribution >= 4 is 5.97 Å². The third-order valence-electron chi connectivity index (χ3n) is 3.21. The van der Waals surface area contributed by atoms with Gasteiger partial charge in [-0.25, -0.2) is 4.79 Å². The highest BCUT2D eigenvalue weighted by atomic mass is 16.5. The molecule has 0 amide bonds. The van der Waals surface area contributed by atoms with E-state index in [-0.39, 0.29) is 12.6 Å². The molecule has 110 valence electrons. The second-order valence-corrected chi connectivity index (χ2v) is 4.63. The molecule has 0 unspecified atom stereocenters. The molecule has 4 nitrogen and oxygen atoms in total. The van der Waals surface area contributed by atoms with Gasteiger partial charge in [0.25, 0.3) is 0 Å². The molecular weight excluding hydrogens is 266 g/mol. The van der Waals surface area contributed by atoms with E-state index in [4.69, 9.17) is 9.47 Å². The molecule has 1 heterocycles. The van der Waals surface area contributed by atoms with Gasteiger partial charge in [0.2, 0.25) is 0 Å². The summed E-state index contributed by atoms with van der Waals surface area (Å²) in [5.41, 5.74) is 3.21. The Kier molecular flexibility index (Phi) is 5.46. The van der Waals surface area contributed by atoms with Crippen LogP contribution in [0.1, 0.15) is 34.1 Å². The van der Waals surface area contributed by atoms with Crippen LogP contribution in [0.5, 0.6) is 0 Å². The van der Waals surface area contributed by atoms with Crippen molar-refractivity contribution < 1.29 is 14.3 Å². The summed E-state index contributed by atoms with van der Waals surface area (Å²) in [6.45, 7) is 2.65. The first kappa shape index (κ1) is 15.2. The van der Waals surface area contributed by atoms with Crippen molar-refractivity contribution in [1.82, 2.24) is 4.98 Å². The third kappa shape index (κ3) is 3.89. The van der Waals surface area contributed by atoms with E-state index in [1.165, 1.54) is 0 Å². The number of carbonyl (C=O) groups excluding carboxylic acids is 1. The summed E-state index contributed by atoms with van der Waals surface area (Å²) in [5, 5.41) is 0. The SMILES string of the molecule is CCc1c(C(=O)OCc2ccccc2)ccnc1COC. The van der Waals surface area contributed by atoms with Gasteiger partial charge in [0.15, 0.2) is 0 Å². The fraction of sp³-hybridized carbons (Fsp3) is 0.294. The lowest BCUT2D eigenvalue weighted by Crippen LogP contribution is -2.11. The highest BCUT2D eigenvalue weighted by Gasteiger charge is 2.15. The predicted molar refractivity (Wildman–Crippen MR) is 79.9 cm³/mol. The number of rotatable bonds is 6. The van der Waals surface area contributed by atoms with Gasteiger partial charge in [-0.2, -0.15) is 0 Å². The van der Waals surface area contributed by atoms with E-state index in [1.807, 2.05) is 37.3 Å². The van der Waals surface area contributed by atoms with Crippen molar-refractivity contribution in [3.63, 3.8) is 0 Å². The molecule has 0 fully saturated rings. The number of methoxy groups -OCH3 is 1. The Balaban J connectivity index is 2.13. The smallest absolute Gasteiger partial charge is 0.338 e. The van der Waals surface area contributed by atoms with Gasteiger partial charge in [-0.05, 0) is 23.6 Å². The molecule has 0 atom stereocenters. The maximum atomic E-state index is 12.3. The van der Waals surface area contributed by atoms with Gasteiger partial charge in [0.1, 0.15) is 6.61 Å². The molecular formula is C17H19NO3. The fourth-order valence-electron chi connectivity index (χ4n) is 2.18. The van der Waals surface area contributed by atoms with Crippen LogP contribution < -0.4 is 0 Å². The minimum Gasteiger partial charge on any atom is -0.457 e. The van der Waals surface area contributed by atoms with E-state index < -0.39 is 0 Å².